The zero-order chi connectivity index (χ0) is 11.0. The second-order valence-electron chi connectivity index (χ2n) is 4.27. The summed E-state index contributed by atoms with van der Waals surface area (Å²) in [6.07, 6.45) is 1.47. The fourth-order valence-electron chi connectivity index (χ4n) is 2.51. The van der Waals surface area contributed by atoms with Crippen molar-refractivity contribution >= 4 is 11.8 Å². The molecule has 3 unspecified atom stereocenters. The first-order valence-electron chi connectivity index (χ1n) is 5.29. The molecular formula is C10H15NO4. The average molecular weight is 213 g/mol. The van der Waals surface area contributed by atoms with Gasteiger partial charge in [-0.3, -0.25) is 14.5 Å². The Balaban J connectivity index is 2.08. The summed E-state index contributed by atoms with van der Waals surface area (Å²) in [7, 11) is 0. The summed E-state index contributed by atoms with van der Waals surface area (Å²) < 4.78 is 0. The zero-order valence-electron chi connectivity index (χ0n) is 8.43. The number of nitrogens with zero attached hydrogens (tertiary/aromatic N) is 1. The molecule has 0 aromatic rings. The predicted octanol–water partition coefficient (Wildman–Crippen LogP) is -0.875. The second kappa shape index (κ2) is 3.90. The maximum atomic E-state index is 11.8. The van der Waals surface area contributed by atoms with Crippen LogP contribution in [0.25, 0.3) is 0 Å². The molecule has 84 valence electrons. The lowest BCUT2D eigenvalue weighted by Crippen LogP contribution is -2.39. The largest absolute Gasteiger partial charge is 0.394 e. The first kappa shape index (κ1) is 10.6. The van der Waals surface area contributed by atoms with Crippen LogP contribution in [0.3, 0.4) is 0 Å². The monoisotopic (exact) mass is 213 g/mol. The molecule has 0 bridgehead atoms. The Kier molecular flexibility index (Phi) is 2.75. The van der Waals surface area contributed by atoms with E-state index in [-0.39, 0.29) is 30.2 Å². The molecule has 1 saturated heterocycles. The van der Waals surface area contributed by atoms with Gasteiger partial charge in [0.2, 0.25) is 11.8 Å². The molecule has 15 heavy (non-hydrogen) atoms. The maximum Gasteiger partial charge on any atom is 0.233 e. The molecule has 0 radical (unpaired) electrons. The van der Waals surface area contributed by atoms with Crippen molar-refractivity contribution in [2.24, 2.45) is 11.8 Å². The van der Waals surface area contributed by atoms with E-state index in [1.807, 2.05) is 0 Å². The van der Waals surface area contributed by atoms with E-state index < -0.39 is 12.7 Å². The van der Waals surface area contributed by atoms with Gasteiger partial charge in [-0.15, -0.1) is 0 Å². The van der Waals surface area contributed by atoms with Gasteiger partial charge in [0.25, 0.3) is 0 Å². The van der Waals surface area contributed by atoms with Gasteiger partial charge < -0.3 is 10.2 Å². The second-order valence-corrected chi connectivity index (χ2v) is 4.27. The minimum atomic E-state index is -1.02. The molecule has 0 aromatic heterocycles. The number of rotatable bonds is 3. The van der Waals surface area contributed by atoms with Crippen LogP contribution in [0, 0.1) is 11.8 Å². The number of amides is 2. The van der Waals surface area contributed by atoms with Crippen molar-refractivity contribution in [3.63, 3.8) is 0 Å². The molecule has 0 spiro atoms. The number of β-amino-alcohol motifs (C(OH)–C–C–N with tert-alkyl or cyclic N) is 1. The third-order valence-corrected chi connectivity index (χ3v) is 3.29. The van der Waals surface area contributed by atoms with Crippen molar-refractivity contribution in [2.75, 3.05) is 13.2 Å². The van der Waals surface area contributed by atoms with E-state index in [1.54, 1.807) is 0 Å². The quantitative estimate of drug-likeness (QED) is 0.597. The molecule has 1 aliphatic heterocycles. The normalized spacial score (nSPS) is 32.3. The first-order valence-corrected chi connectivity index (χ1v) is 5.29. The van der Waals surface area contributed by atoms with E-state index in [0.717, 1.165) is 24.2 Å². The van der Waals surface area contributed by atoms with E-state index in [2.05, 4.69) is 0 Å². The molecule has 2 rings (SSSR count). The molecule has 0 aromatic carbocycles. The summed E-state index contributed by atoms with van der Waals surface area (Å²) in [4.78, 5) is 24.6. The molecule has 3 atom stereocenters. The third-order valence-electron chi connectivity index (χ3n) is 3.29. The van der Waals surface area contributed by atoms with Crippen LogP contribution in [0.15, 0.2) is 0 Å². The van der Waals surface area contributed by atoms with Gasteiger partial charge >= 0.3 is 0 Å². The molecule has 2 amide bonds. The van der Waals surface area contributed by atoms with Gasteiger partial charge in [-0.05, 0) is 12.8 Å². The van der Waals surface area contributed by atoms with Crippen LogP contribution < -0.4 is 0 Å². The Bertz CT molecular complexity index is 269. The molecule has 1 heterocycles. The lowest BCUT2D eigenvalue weighted by atomic mass is 10.00. The summed E-state index contributed by atoms with van der Waals surface area (Å²) in [5, 5.41) is 17.9. The van der Waals surface area contributed by atoms with Gasteiger partial charge in [0, 0.05) is 0 Å². The number of hydrogen-bond acceptors (Lipinski definition) is 4. The SMILES string of the molecule is O=C1C2CCCC2C(=O)N1CC(O)CO. The maximum absolute atomic E-state index is 11.8. The summed E-state index contributed by atoms with van der Waals surface area (Å²) in [5.74, 6) is -0.670. The molecule has 1 aliphatic carbocycles. The van der Waals surface area contributed by atoms with Crippen LogP contribution in [0.1, 0.15) is 19.3 Å². The topological polar surface area (TPSA) is 77.8 Å². The number of hydrogen-bond donors (Lipinski definition) is 2. The Hall–Kier alpha value is -0.940. The number of aliphatic hydroxyl groups is 2. The summed E-state index contributed by atoms with van der Waals surface area (Å²) in [5.41, 5.74) is 0. The Morgan fingerprint density at radius 1 is 1.27 bits per heavy atom. The lowest BCUT2D eigenvalue weighted by molar-refractivity contribution is -0.142. The number of imide groups is 1. The molecule has 5 nitrogen and oxygen atoms in total. The van der Waals surface area contributed by atoms with Crippen molar-refractivity contribution in [3.05, 3.63) is 0 Å². The number of carbonyl (C=O) groups excluding carboxylic acids is 2. The Morgan fingerprint density at radius 2 is 1.80 bits per heavy atom. The molecule has 2 aliphatic rings. The summed E-state index contributed by atoms with van der Waals surface area (Å²) in [6, 6.07) is 0. The molecule has 2 fully saturated rings. The van der Waals surface area contributed by atoms with Crippen LogP contribution in [0.2, 0.25) is 0 Å². The Morgan fingerprint density at radius 3 is 2.27 bits per heavy atom. The fraction of sp³-hybridized carbons (Fsp3) is 0.800. The van der Waals surface area contributed by atoms with Crippen molar-refractivity contribution in [1.29, 1.82) is 0 Å². The highest BCUT2D eigenvalue weighted by Crippen LogP contribution is 2.39. The molecular weight excluding hydrogens is 198 g/mol. The highest BCUT2D eigenvalue weighted by Gasteiger charge is 2.49. The molecule has 2 N–H and O–H groups in total. The first-order chi connectivity index (χ1) is 7.15. The minimum absolute atomic E-state index is 0.0683. The van der Waals surface area contributed by atoms with Crippen molar-refractivity contribution in [2.45, 2.75) is 25.4 Å². The van der Waals surface area contributed by atoms with Crippen LogP contribution >= 0.6 is 0 Å². The summed E-state index contributed by atoms with van der Waals surface area (Å²) >= 11 is 0. The van der Waals surface area contributed by atoms with Gasteiger partial charge in [-0.2, -0.15) is 0 Å². The fourth-order valence-corrected chi connectivity index (χ4v) is 2.51. The number of aliphatic hydroxyl groups excluding tert-OH is 2. The zero-order valence-corrected chi connectivity index (χ0v) is 8.43. The van der Waals surface area contributed by atoms with Gasteiger partial charge in [0.1, 0.15) is 0 Å². The summed E-state index contributed by atoms with van der Waals surface area (Å²) in [6.45, 7) is -0.492. The third kappa shape index (κ3) is 1.66. The smallest absolute Gasteiger partial charge is 0.233 e. The van der Waals surface area contributed by atoms with Crippen LogP contribution in [0.5, 0.6) is 0 Å². The van der Waals surface area contributed by atoms with Crippen molar-refractivity contribution in [1.82, 2.24) is 4.90 Å². The number of likely N-dealkylation sites (tertiary alicyclic amines) is 1. The van der Waals surface area contributed by atoms with Crippen LogP contribution in [-0.4, -0.2) is 46.2 Å². The number of carbonyl (C=O) groups is 2. The van der Waals surface area contributed by atoms with Gasteiger partial charge in [-0.1, -0.05) is 6.42 Å². The standard InChI is InChI=1S/C10H15NO4/c12-5-6(13)4-11-9(14)7-2-1-3-8(7)10(11)15/h6-8,12-13H,1-5H2. The predicted molar refractivity (Wildman–Crippen MR) is 50.6 cm³/mol. The average Bonchev–Trinajstić information content (AvgIpc) is 2.78. The molecule has 5 heteroatoms. The van der Waals surface area contributed by atoms with Gasteiger partial charge in [0.15, 0.2) is 0 Å². The van der Waals surface area contributed by atoms with Gasteiger partial charge in [0.05, 0.1) is 31.1 Å². The van der Waals surface area contributed by atoms with E-state index in [9.17, 15) is 14.7 Å². The number of fused-ring (bicyclic) bond motifs is 1. The lowest BCUT2D eigenvalue weighted by Gasteiger charge is -2.18. The van der Waals surface area contributed by atoms with E-state index in [1.165, 1.54) is 0 Å². The van der Waals surface area contributed by atoms with E-state index in [4.69, 9.17) is 5.11 Å². The molecule has 1 saturated carbocycles. The van der Waals surface area contributed by atoms with Crippen molar-refractivity contribution in [3.8, 4) is 0 Å². The van der Waals surface area contributed by atoms with Crippen LogP contribution in [0.4, 0.5) is 0 Å². The van der Waals surface area contributed by atoms with Gasteiger partial charge in [-0.25, -0.2) is 0 Å². The van der Waals surface area contributed by atoms with E-state index >= 15 is 0 Å². The van der Waals surface area contributed by atoms with Crippen LogP contribution in [-0.2, 0) is 9.59 Å². The highest BCUT2D eigenvalue weighted by atomic mass is 16.3. The van der Waals surface area contributed by atoms with Crippen molar-refractivity contribution < 1.29 is 19.8 Å². The highest BCUT2D eigenvalue weighted by molar-refractivity contribution is 6.05. The Labute approximate surface area is 87.7 Å². The van der Waals surface area contributed by atoms with E-state index in [0.29, 0.717) is 0 Å². The minimum Gasteiger partial charge on any atom is -0.394 e.